The summed E-state index contributed by atoms with van der Waals surface area (Å²) in [6, 6.07) is 3.10. The van der Waals surface area contributed by atoms with Crippen molar-refractivity contribution in [1.29, 1.82) is 0 Å². The van der Waals surface area contributed by atoms with Gasteiger partial charge in [-0.05, 0) is 25.0 Å². The fourth-order valence-electron chi connectivity index (χ4n) is 2.35. The summed E-state index contributed by atoms with van der Waals surface area (Å²) >= 11 is 0. The molecule has 1 aromatic rings. The van der Waals surface area contributed by atoms with Crippen molar-refractivity contribution in [3.05, 3.63) is 24.5 Å². The van der Waals surface area contributed by atoms with Crippen molar-refractivity contribution in [3.63, 3.8) is 0 Å². The number of rotatable bonds is 5. The van der Waals surface area contributed by atoms with E-state index in [9.17, 15) is 13.5 Å². The van der Waals surface area contributed by atoms with E-state index < -0.39 is 10.0 Å². The molecule has 0 unspecified atom stereocenters. The molecule has 0 atom stereocenters. The Bertz CT molecular complexity index is 481. The first-order valence-electron chi connectivity index (χ1n) is 6.09. The van der Waals surface area contributed by atoms with Gasteiger partial charge in [-0.2, -0.15) is 0 Å². The molecule has 1 aliphatic rings. The lowest BCUT2D eigenvalue weighted by Crippen LogP contribution is -2.38. The third-order valence-electron chi connectivity index (χ3n) is 3.58. The molecule has 0 aliphatic heterocycles. The highest BCUT2D eigenvalue weighted by atomic mass is 32.2. The monoisotopic (exact) mass is 270 g/mol. The van der Waals surface area contributed by atoms with Crippen LogP contribution in [0.4, 0.5) is 0 Å². The van der Waals surface area contributed by atoms with Gasteiger partial charge >= 0.3 is 0 Å². The minimum Gasteiger partial charge on any atom is -0.396 e. The van der Waals surface area contributed by atoms with E-state index in [0.717, 1.165) is 25.7 Å². The number of nitrogens with one attached hydrogen (secondary N) is 1. The zero-order valence-corrected chi connectivity index (χ0v) is 11.0. The minimum atomic E-state index is -3.52. The van der Waals surface area contributed by atoms with Crippen LogP contribution in [-0.2, 0) is 10.0 Å². The standard InChI is InChI=1S/C12H18N2O3S/c15-10-12(5-1-2-6-12)9-14-18(16,17)11-4-3-7-13-8-11/h3-4,7-8,14-15H,1-2,5-6,9-10H2. The average molecular weight is 270 g/mol. The largest absolute Gasteiger partial charge is 0.396 e. The maximum Gasteiger partial charge on any atom is 0.242 e. The van der Waals surface area contributed by atoms with Crippen molar-refractivity contribution in [2.75, 3.05) is 13.2 Å². The van der Waals surface area contributed by atoms with Crippen LogP contribution in [0.2, 0.25) is 0 Å². The topological polar surface area (TPSA) is 79.3 Å². The van der Waals surface area contributed by atoms with E-state index in [2.05, 4.69) is 9.71 Å². The van der Waals surface area contributed by atoms with Crippen LogP contribution in [0.3, 0.4) is 0 Å². The van der Waals surface area contributed by atoms with Gasteiger partial charge in [-0.3, -0.25) is 4.98 Å². The first kappa shape index (κ1) is 13.5. The van der Waals surface area contributed by atoms with Gasteiger partial charge in [-0.15, -0.1) is 0 Å². The fourth-order valence-corrected chi connectivity index (χ4v) is 3.47. The number of aromatic nitrogens is 1. The number of hydrogen-bond acceptors (Lipinski definition) is 4. The minimum absolute atomic E-state index is 0.0303. The number of sulfonamides is 1. The quantitative estimate of drug-likeness (QED) is 0.833. The Hall–Kier alpha value is -0.980. The molecule has 1 fully saturated rings. The molecule has 1 aliphatic carbocycles. The van der Waals surface area contributed by atoms with Crippen LogP contribution in [0.1, 0.15) is 25.7 Å². The SMILES string of the molecule is O=S(=O)(NCC1(CO)CCCC1)c1cccnc1. The van der Waals surface area contributed by atoms with Gasteiger partial charge in [0.1, 0.15) is 4.90 Å². The molecule has 0 spiro atoms. The van der Waals surface area contributed by atoms with Crippen molar-refractivity contribution in [1.82, 2.24) is 9.71 Å². The molecule has 1 aromatic heterocycles. The van der Waals surface area contributed by atoms with Gasteiger partial charge in [0.15, 0.2) is 0 Å². The second-order valence-corrected chi connectivity index (χ2v) is 6.65. The summed E-state index contributed by atoms with van der Waals surface area (Å²) in [6.07, 6.45) is 6.70. The first-order chi connectivity index (χ1) is 8.58. The summed E-state index contributed by atoms with van der Waals surface area (Å²) in [5, 5.41) is 9.44. The van der Waals surface area contributed by atoms with Crippen molar-refractivity contribution in [3.8, 4) is 0 Å². The van der Waals surface area contributed by atoms with Crippen molar-refractivity contribution >= 4 is 10.0 Å². The van der Waals surface area contributed by atoms with Crippen LogP contribution in [0.5, 0.6) is 0 Å². The molecule has 0 saturated heterocycles. The summed E-state index contributed by atoms with van der Waals surface area (Å²) in [5.41, 5.74) is -0.282. The smallest absolute Gasteiger partial charge is 0.242 e. The number of aliphatic hydroxyl groups is 1. The molecule has 100 valence electrons. The van der Waals surface area contributed by atoms with Crippen LogP contribution in [0.25, 0.3) is 0 Å². The number of pyridine rings is 1. The summed E-state index contributed by atoms with van der Waals surface area (Å²) in [5.74, 6) is 0. The van der Waals surface area contributed by atoms with Gasteiger partial charge in [0.05, 0.1) is 0 Å². The molecule has 0 radical (unpaired) electrons. The van der Waals surface area contributed by atoms with Gasteiger partial charge in [0, 0.05) is 31.0 Å². The predicted molar refractivity (Wildman–Crippen MR) is 67.4 cm³/mol. The molecule has 5 nitrogen and oxygen atoms in total. The molecule has 1 saturated carbocycles. The molecule has 1 heterocycles. The van der Waals surface area contributed by atoms with E-state index in [1.165, 1.54) is 18.5 Å². The first-order valence-corrected chi connectivity index (χ1v) is 7.57. The van der Waals surface area contributed by atoms with Crippen LogP contribution in [0.15, 0.2) is 29.4 Å². The van der Waals surface area contributed by atoms with Gasteiger partial charge in [0.2, 0.25) is 10.0 Å². The highest BCUT2D eigenvalue weighted by Gasteiger charge is 2.34. The zero-order valence-electron chi connectivity index (χ0n) is 10.2. The molecule has 0 aromatic carbocycles. The normalized spacial score (nSPS) is 18.9. The molecule has 2 rings (SSSR count). The number of aliphatic hydroxyl groups excluding tert-OH is 1. The van der Waals surface area contributed by atoms with Crippen LogP contribution in [0, 0.1) is 5.41 Å². The van der Waals surface area contributed by atoms with Gasteiger partial charge in [0.25, 0.3) is 0 Å². The Morgan fingerprint density at radius 3 is 2.67 bits per heavy atom. The van der Waals surface area contributed by atoms with Crippen LogP contribution < -0.4 is 4.72 Å². The van der Waals surface area contributed by atoms with Crippen LogP contribution >= 0.6 is 0 Å². The van der Waals surface area contributed by atoms with E-state index in [4.69, 9.17) is 0 Å². The van der Waals surface area contributed by atoms with Crippen molar-refractivity contribution < 1.29 is 13.5 Å². The van der Waals surface area contributed by atoms with Gasteiger partial charge in [-0.1, -0.05) is 12.8 Å². The highest BCUT2D eigenvalue weighted by molar-refractivity contribution is 7.89. The molecule has 2 N–H and O–H groups in total. The Morgan fingerprint density at radius 1 is 1.39 bits per heavy atom. The van der Waals surface area contributed by atoms with Crippen molar-refractivity contribution in [2.45, 2.75) is 30.6 Å². The molecule has 0 amide bonds. The molecule has 18 heavy (non-hydrogen) atoms. The maximum absolute atomic E-state index is 12.0. The maximum atomic E-state index is 12.0. The third kappa shape index (κ3) is 2.88. The Kier molecular flexibility index (Phi) is 3.99. The third-order valence-corrected chi connectivity index (χ3v) is 4.97. The van der Waals surface area contributed by atoms with Crippen molar-refractivity contribution in [2.24, 2.45) is 5.41 Å². The molecular weight excluding hydrogens is 252 g/mol. The highest BCUT2D eigenvalue weighted by Crippen LogP contribution is 2.37. The van der Waals surface area contributed by atoms with E-state index in [1.807, 2.05) is 0 Å². The molecule has 0 bridgehead atoms. The van der Waals surface area contributed by atoms with E-state index in [-0.39, 0.29) is 16.9 Å². The number of nitrogens with zero attached hydrogens (tertiary/aromatic N) is 1. The number of hydrogen-bond donors (Lipinski definition) is 2. The summed E-state index contributed by atoms with van der Waals surface area (Å²) in [7, 11) is -3.52. The average Bonchev–Trinajstić information content (AvgIpc) is 2.87. The zero-order chi connectivity index (χ0) is 13.1. The lowest BCUT2D eigenvalue weighted by atomic mass is 9.88. The Balaban J connectivity index is 2.06. The fraction of sp³-hybridized carbons (Fsp3) is 0.583. The summed E-state index contributed by atoms with van der Waals surface area (Å²) in [4.78, 5) is 3.96. The second kappa shape index (κ2) is 5.34. The summed E-state index contributed by atoms with van der Waals surface area (Å²) < 4.78 is 26.6. The molecule has 6 heteroatoms. The molecular formula is C12H18N2O3S. The van der Waals surface area contributed by atoms with E-state index >= 15 is 0 Å². The second-order valence-electron chi connectivity index (χ2n) is 4.88. The van der Waals surface area contributed by atoms with E-state index in [1.54, 1.807) is 6.07 Å². The lowest BCUT2D eigenvalue weighted by Gasteiger charge is -2.26. The Morgan fingerprint density at radius 2 is 2.11 bits per heavy atom. The van der Waals surface area contributed by atoms with Gasteiger partial charge in [-0.25, -0.2) is 13.1 Å². The van der Waals surface area contributed by atoms with E-state index in [0.29, 0.717) is 6.54 Å². The lowest BCUT2D eigenvalue weighted by molar-refractivity contribution is 0.134. The van der Waals surface area contributed by atoms with Crippen LogP contribution in [-0.4, -0.2) is 31.7 Å². The van der Waals surface area contributed by atoms with Gasteiger partial charge < -0.3 is 5.11 Å². The predicted octanol–water partition coefficient (Wildman–Crippen LogP) is 0.913. The summed E-state index contributed by atoms with van der Waals surface area (Å²) in [6.45, 7) is 0.323. The Labute approximate surface area is 107 Å².